The minimum Gasteiger partial charge on any atom is -0.380 e. The number of ketones is 1. The van der Waals surface area contributed by atoms with Crippen LogP contribution in [0, 0.1) is 12.3 Å². The van der Waals surface area contributed by atoms with E-state index in [1.54, 1.807) is 6.92 Å². The van der Waals surface area contributed by atoms with Gasteiger partial charge in [-0.2, -0.15) is 0 Å². The van der Waals surface area contributed by atoms with Crippen LogP contribution in [-0.2, 0) is 4.79 Å². The highest BCUT2D eigenvalue weighted by Gasteiger charge is 2.57. The van der Waals surface area contributed by atoms with Crippen LogP contribution in [0.15, 0.2) is 42.5 Å². The molecule has 2 aromatic rings. The molecule has 3 fully saturated rings. The highest BCUT2D eigenvalue weighted by molar-refractivity contribution is 5.95. The normalized spacial score (nSPS) is 23.3. The monoisotopic (exact) mass is 403 g/mol. The summed E-state index contributed by atoms with van der Waals surface area (Å²) in [6, 6.07) is 14.8. The van der Waals surface area contributed by atoms with Crippen LogP contribution in [0.4, 0.5) is 0 Å². The van der Waals surface area contributed by atoms with Crippen molar-refractivity contribution in [3.63, 3.8) is 0 Å². The molecule has 2 aliphatic carbocycles. The number of amides is 1. The van der Waals surface area contributed by atoms with E-state index >= 15 is 0 Å². The standard InChI is InChI=1S/C26H29NO3/c1-17-15-21(18(2)28)7-8-22(17)19-3-5-20(6-4-19)23-16-25(23)11-13-27(14-12-25)24(29)26(30)9-10-26/h3-8,15,23,30H,9-14,16H2,1-2H3/t23-/m0/s1. The van der Waals surface area contributed by atoms with Crippen molar-refractivity contribution in [2.45, 2.75) is 57.5 Å². The Morgan fingerprint density at radius 2 is 1.67 bits per heavy atom. The third kappa shape index (κ3) is 3.27. The fourth-order valence-electron chi connectivity index (χ4n) is 5.25. The molecular formula is C26H29NO3. The molecule has 1 N–H and O–H groups in total. The molecule has 5 rings (SSSR count). The predicted octanol–water partition coefficient (Wildman–Crippen LogP) is 4.49. The van der Waals surface area contributed by atoms with Gasteiger partial charge in [0.1, 0.15) is 5.60 Å². The van der Waals surface area contributed by atoms with Crippen molar-refractivity contribution < 1.29 is 14.7 Å². The van der Waals surface area contributed by atoms with Crippen molar-refractivity contribution in [2.75, 3.05) is 13.1 Å². The number of hydrogen-bond donors (Lipinski definition) is 1. The summed E-state index contributed by atoms with van der Waals surface area (Å²) in [5.41, 5.74) is 4.91. The molecule has 2 saturated carbocycles. The number of rotatable bonds is 4. The third-order valence-corrected chi connectivity index (χ3v) is 7.61. The zero-order valence-corrected chi connectivity index (χ0v) is 17.8. The van der Waals surface area contributed by atoms with Gasteiger partial charge in [0.2, 0.25) is 0 Å². The van der Waals surface area contributed by atoms with E-state index in [1.165, 1.54) is 23.1 Å². The highest BCUT2D eigenvalue weighted by atomic mass is 16.3. The molecule has 2 aromatic carbocycles. The van der Waals surface area contributed by atoms with Crippen LogP contribution in [0.1, 0.15) is 66.4 Å². The molecule has 156 valence electrons. The van der Waals surface area contributed by atoms with Crippen molar-refractivity contribution in [3.05, 3.63) is 59.2 Å². The molecule has 4 heteroatoms. The van der Waals surface area contributed by atoms with E-state index in [1.807, 2.05) is 23.1 Å². The lowest BCUT2D eigenvalue weighted by Crippen LogP contribution is -2.45. The SMILES string of the molecule is CC(=O)c1ccc(-c2ccc([C@@H]3CC34CCN(C(=O)C3(O)CC3)CC4)cc2)c(C)c1. The maximum atomic E-state index is 12.4. The zero-order chi connectivity index (χ0) is 21.1. The molecule has 0 bridgehead atoms. The van der Waals surface area contributed by atoms with Crippen molar-refractivity contribution in [2.24, 2.45) is 5.41 Å². The van der Waals surface area contributed by atoms with Gasteiger partial charge in [-0.25, -0.2) is 0 Å². The summed E-state index contributed by atoms with van der Waals surface area (Å²) in [6.45, 7) is 5.20. The second-order valence-corrected chi connectivity index (χ2v) is 9.65. The van der Waals surface area contributed by atoms with Crippen molar-refractivity contribution in [1.82, 2.24) is 4.90 Å². The molecule has 0 aromatic heterocycles. The molecular weight excluding hydrogens is 374 g/mol. The Bertz CT molecular complexity index is 1010. The lowest BCUT2D eigenvalue weighted by Gasteiger charge is -2.34. The van der Waals surface area contributed by atoms with Crippen LogP contribution in [0.3, 0.4) is 0 Å². The number of piperidine rings is 1. The van der Waals surface area contributed by atoms with Gasteiger partial charge in [0.05, 0.1) is 0 Å². The molecule has 4 nitrogen and oxygen atoms in total. The average molecular weight is 404 g/mol. The first-order chi connectivity index (χ1) is 14.3. The van der Waals surface area contributed by atoms with E-state index in [4.69, 9.17) is 0 Å². The van der Waals surface area contributed by atoms with Crippen LogP contribution < -0.4 is 0 Å². The summed E-state index contributed by atoms with van der Waals surface area (Å²) >= 11 is 0. The highest BCUT2D eigenvalue weighted by Crippen LogP contribution is 2.65. The Balaban J connectivity index is 1.25. The van der Waals surface area contributed by atoms with Crippen molar-refractivity contribution in [3.8, 4) is 11.1 Å². The molecule has 30 heavy (non-hydrogen) atoms. The zero-order valence-electron chi connectivity index (χ0n) is 17.8. The number of likely N-dealkylation sites (tertiary alicyclic amines) is 1. The van der Waals surface area contributed by atoms with Crippen molar-refractivity contribution in [1.29, 1.82) is 0 Å². The summed E-state index contributed by atoms with van der Waals surface area (Å²) < 4.78 is 0. The van der Waals surface area contributed by atoms with Crippen LogP contribution in [0.2, 0.25) is 0 Å². The van der Waals surface area contributed by atoms with E-state index in [-0.39, 0.29) is 11.7 Å². The number of aliphatic hydroxyl groups is 1. The summed E-state index contributed by atoms with van der Waals surface area (Å²) in [4.78, 5) is 25.9. The molecule has 1 heterocycles. The number of nitrogens with zero attached hydrogens (tertiary/aromatic N) is 1. The molecule has 3 aliphatic rings. The first-order valence-corrected chi connectivity index (χ1v) is 11.1. The lowest BCUT2D eigenvalue weighted by atomic mass is 9.88. The maximum absolute atomic E-state index is 12.4. The summed E-state index contributed by atoms with van der Waals surface area (Å²) in [5, 5.41) is 10.1. The smallest absolute Gasteiger partial charge is 0.254 e. The van der Waals surface area contributed by atoms with Crippen LogP contribution in [0.25, 0.3) is 11.1 Å². The van der Waals surface area contributed by atoms with E-state index in [0.29, 0.717) is 24.2 Å². The van der Waals surface area contributed by atoms with Crippen LogP contribution in [0.5, 0.6) is 0 Å². The van der Waals surface area contributed by atoms with Crippen LogP contribution >= 0.6 is 0 Å². The predicted molar refractivity (Wildman–Crippen MR) is 116 cm³/mol. The summed E-state index contributed by atoms with van der Waals surface area (Å²) in [6.07, 6.45) is 4.52. The van der Waals surface area contributed by atoms with Crippen LogP contribution in [-0.4, -0.2) is 40.4 Å². The van der Waals surface area contributed by atoms with Gasteiger partial charge in [-0.15, -0.1) is 0 Å². The van der Waals surface area contributed by atoms with Gasteiger partial charge < -0.3 is 10.0 Å². The first kappa shape index (κ1) is 19.5. The Labute approximate surface area is 177 Å². The molecule has 1 aliphatic heterocycles. The van der Waals surface area contributed by atoms with Crippen molar-refractivity contribution >= 4 is 11.7 Å². The Morgan fingerprint density at radius 1 is 1.00 bits per heavy atom. The van der Waals surface area contributed by atoms with E-state index < -0.39 is 5.60 Å². The van der Waals surface area contributed by atoms with Gasteiger partial charge in [-0.3, -0.25) is 9.59 Å². The molecule has 1 atom stereocenters. The Hall–Kier alpha value is -2.46. The molecule has 1 amide bonds. The minimum absolute atomic E-state index is 0.0509. The molecule has 1 saturated heterocycles. The van der Waals surface area contributed by atoms with E-state index in [0.717, 1.165) is 37.1 Å². The molecule has 1 spiro atoms. The number of carbonyl (C=O) groups excluding carboxylic acids is 2. The maximum Gasteiger partial charge on any atom is 0.254 e. The molecule has 0 radical (unpaired) electrons. The topological polar surface area (TPSA) is 57.6 Å². The number of aryl methyl sites for hydroxylation is 1. The van der Waals surface area contributed by atoms with Gasteiger partial charge in [-0.1, -0.05) is 36.4 Å². The van der Waals surface area contributed by atoms with Gasteiger partial charge in [-0.05, 0) is 85.6 Å². The number of Topliss-reactive ketones (excluding diaryl/α,β-unsaturated/α-hetero) is 1. The van der Waals surface area contributed by atoms with E-state index in [2.05, 4.69) is 31.2 Å². The third-order valence-electron chi connectivity index (χ3n) is 7.61. The summed E-state index contributed by atoms with van der Waals surface area (Å²) in [7, 11) is 0. The van der Waals surface area contributed by atoms with E-state index in [9.17, 15) is 14.7 Å². The Morgan fingerprint density at radius 3 is 2.23 bits per heavy atom. The average Bonchev–Trinajstić information content (AvgIpc) is 3.66. The number of hydrogen-bond acceptors (Lipinski definition) is 3. The second-order valence-electron chi connectivity index (χ2n) is 9.65. The summed E-state index contributed by atoms with van der Waals surface area (Å²) in [5.74, 6) is 0.622. The van der Waals surface area contributed by atoms with Gasteiger partial charge in [0.25, 0.3) is 5.91 Å². The van der Waals surface area contributed by atoms with Gasteiger partial charge in [0.15, 0.2) is 5.78 Å². The van der Waals surface area contributed by atoms with Gasteiger partial charge in [0, 0.05) is 18.7 Å². The fourth-order valence-corrected chi connectivity index (χ4v) is 5.25. The molecule has 0 unspecified atom stereocenters. The quantitative estimate of drug-likeness (QED) is 0.766. The largest absolute Gasteiger partial charge is 0.380 e. The van der Waals surface area contributed by atoms with Gasteiger partial charge >= 0.3 is 0 Å². The second kappa shape index (κ2) is 6.78. The number of benzene rings is 2. The number of carbonyl (C=O) groups is 2. The minimum atomic E-state index is -1.04. The first-order valence-electron chi connectivity index (χ1n) is 11.1. The fraction of sp³-hybridized carbons (Fsp3) is 0.462. The lowest BCUT2D eigenvalue weighted by molar-refractivity contribution is -0.144. The Kier molecular flexibility index (Phi) is 4.41.